The molecule has 0 bridgehead atoms. The molecule has 2 aromatic heterocycles. The highest BCUT2D eigenvalue weighted by atomic mass is 32.2. The summed E-state index contributed by atoms with van der Waals surface area (Å²) in [5, 5.41) is 13.3. The number of nitrogens with zero attached hydrogens (tertiary/aromatic N) is 5. The highest BCUT2D eigenvalue weighted by Gasteiger charge is 2.15. The third kappa shape index (κ3) is 5.23. The van der Waals surface area contributed by atoms with Gasteiger partial charge in [0.15, 0.2) is 16.1 Å². The molecule has 1 amide bonds. The molecule has 0 radical (unpaired) electrons. The molecule has 0 atom stereocenters. The summed E-state index contributed by atoms with van der Waals surface area (Å²) in [7, 11) is 1.96. The molecule has 2 aromatic carbocycles. The van der Waals surface area contributed by atoms with Crippen LogP contribution in [0.5, 0.6) is 0 Å². The summed E-state index contributed by atoms with van der Waals surface area (Å²) in [6.45, 7) is 4.84. The molecule has 32 heavy (non-hydrogen) atoms. The third-order valence-electron chi connectivity index (χ3n) is 4.77. The number of nitrogens with one attached hydrogen (secondary N) is 1. The van der Waals surface area contributed by atoms with E-state index in [1.807, 2.05) is 58.8 Å². The number of rotatable bonds is 8. The Hall–Kier alpha value is -3.04. The second kappa shape index (κ2) is 10.1. The van der Waals surface area contributed by atoms with E-state index in [-0.39, 0.29) is 11.7 Å². The van der Waals surface area contributed by atoms with Gasteiger partial charge in [0.2, 0.25) is 5.91 Å². The number of imidazole rings is 1. The van der Waals surface area contributed by atoms with Crippen molar-refractivity contribution in [3.63, 3.8) is 0 Å². The van der Waals surface area contributed by atoms with Gasteiger partial charge in [-0.3, -0.25) is 4.79 Å². The van der Waals surface area contributed by atoms with E-state index in [4.69, 9.17) is 0 Å². The molecule has 0 fully saturated rings. The largest absolute Gasteiger partial charge is 0.329 e. The van der Waals surface area contributed by atoms with Gasteiger partial charge in [0.1, 0.15) is 0 Å². The number of aromatic nitrogens is 5. The number of aryl methyl sites for hydroxylation is 2. The van der Waals surface area contributed by atoms with E-state index in [1.165, 1.54) is 17.3 Å². The maximum Gasteiger partial charge on any atom is 0.234 e. The molecule has 4 rings (SSSR count). The van der Waals surface area contributed by atoms with Gasteiger partial charge in [0.05, 0.1) is 5.75 Å². The molecular formula is C23H24N6OS2. The molecular weight excluding hydrogens is 440 g/mol. The summed E-state index contributed by atoms with van der Waals surface area (Å²) in [5.41, 5.74) is 2.96. The minimum atomic E-state index is -0.0812. The maximum atomic E-state index is 12.5. The minimum Gasteiger partial charge on any atom is -0.329 e. The van der Waals surface area contributed by atoms with Crippen LogP contribution in [0.2, 0.25) is 0 Å². The quantitative estimate of drug-likeness (QED) is 0.374. The minimum absolute atomic E-state index is 0.0812. The number of carbonyl (C=O) groups is 1. The molecule has 0 spiro atoms. The molecule has 0 aliphatic rings. The Morgan fingerprint density at radius 3 is 2.59 bits per heavy atom. The molecule has 9 heteroatoms. The predicted octanol–water partition coefficient (Wildman–Crippen LogP) is 4.89. The van der Waals surface area contributed by atoms with Crippen LogP contribution in [-0.2, 0) is 18.4 Å². The summed E-state index contributed by atoms with van der Waals surface area (Å²) < 4.78 is 4.01. The van der Waals surface area contributed by atoms with Crippen molar-refractivity contribution in [3.05, 3.63) is 66.5 Å². The summed E-state index contributed by atoms with van der Waals surface area (Å²) in [6, 6.07) is 15.9. The molecule has 0 unspecified atom stereocenters. The fourth-order valence-corrected chi connectivity index (χ4v) is 4.77. The van der Waals surface area contributed by atoms with Crippen LogP contribution in [0.4, 0.5) is 5.69 Å². The molecule has 164 valence electrons. The van der Waals surface area contributed by atoms with E-state index in [2.05, 4.69) is 46.5 Å². The van der Waals surface area contributed by atoms with Crippen LogP contribution in [0.15, 0.2) is 76.1 Å². The van der Waals surface area contributed by atoms with Crippen LogP contribution in [0, 0.1) is 6.92 Å². The Bertz CT molecular complexity index is 1220. The van der Waals surface area contributed by atoms with Gasteiger partial charge in [-0.05, 0) is 44.2 Å². The predicted molar refractivity (Wildman–Crippen MR) is 129 cm³/mol. The lowest BCUT2D eigenvalue weighted by molar-refractivity contribution is -0.113. The molecule has 0 saturated carbocycles. The topological polar surface area (TPSA) is 77.6 Å². The standard InChI is InChI=1S/C23H24N6OS2/c1-4-29-21(17-7-5-6-16(2)14-17)26-27-23(29)31-15-20(30)25-18-8-10-19(11-9-18)32-22-24-12-13-28(22)3/h5-14H,4,15H2,1-3H3,(H,25,30). The van der Waals surface area contributed by atoms with E-state index in [9.17, 15) is 4.79 Å². The Labute approximate surface area is 195 Å². The Morgan fingerprint density at radius 1 is 1.09 bits per heavy atom. The van der Waals surface area contributed by atoms with E-state index < -0.39 is 0 Å². The van der Waals surface area contributed by atoms with Crippen LogP contribution in [0.25, 0.3) is 11.4 Å². The highest BCUT2D eigenvalue weighted by Crippen LogP contribution is 2.27. The average molecular weight is 465 g/mol. The van der Waals surface area contributed by atoms with Crippen LogP contribution in [0.1, 0.15) is 12.5 Å². The molecule has 7 nitrogen and oxygen atoms in total. The number of anilines is 1. The van der Waals surface area contributed by atoms with Gasteiger partial charge >= 0.3 is 0 Å². The van der Waals surface area contributed by atoms with Crippen molar-refractivity contribution in [1.29, 1.82) is 0 Å². The highest BCUT2D eigenvalue weighted by molar-refractivity contribution is 7.99. The zero-order chi connectivity index (χ0) is 22.5. The van der Waals surface area contributed by atoms with Gasteiger partial charge in [0, 0.05) is 42.1 Å². The van der Waals surface area contributed by atoms with Crippen molar-refractivity contribution < 1.29 is 4.79 Å². The first-order valence-electron chi connectivity index (χ1n) is 10.2. The van der Waals surface area contributed by atoms with E-state index in [0.717, 1.165) is 38.8 Å². The smallest absolute Gasteiger partial charge is 0.234 e. The number of hydrogen-bond donors (Lipinski definition) is 1. The van der Waals surface area contributed by atoms with Gasteiger partial charge < -0.3 is 14.5 Å². The monoisotopic (exact) mass is 464 g/mol. The van der Waals surface area contributed by atoms with Crippen molar-refractivity contribution in [3.8, 4) is 11.4 Å². The summed E-state index contributed by atoms with van der Waals surface area (Å²) >= 11 is 2.97. The van der Waals surface area contributed by atoms with Crippen molar-refractivity contribution in [2.75, 3.05) is 11.1 Å². The zero-order valence-electron chi connectivity index (χ0n) is 18.1. The number of hydrogen-bond acceptors (Lipinski definition) is 6. The van der Waals surface area contributed by atoms with Crippen LogP contribution in [-0.4, -0.2) is 36.0 Å². The van der Waals surface area contributed by atoms with Crippen LogP contribution >= 0.6 is 23.5 Å². The Kier molecular flexibility index (Phi) is 6.96. The third-order valence-corrected chi connectivity index (χ3v) is 6.82. The molecule has 2 heterocycles. The molecule has 0 saturated heterocycles. The van der Waals surface area contributed by atoms with Crippen LogP contribution < -0.4 is 5.32 Å². The van der Waals surface area contributed by atoms with E-state index >= 15 is 0 Å². The molecule has 0 aliphatic heterocycles. The van der Waals surface area contributed by atoms with E-state index in [1.54, 1.807) is 18.0 Å². The Balaban J connectivity index is 1.35. The van der Waals surface area contributed by atoms with Gasteiger partial charge in [-0.1, -0.05) is 47.3 Å². The lowest BCUT2D eigenvalue weighted by Gasteiger charge is -2.09. The summed E-state index contributed by atoms with van der Waals surface area (Å²) in [6.07, 6.45) is 3.69. The first-order chi connectivity index (χ1) is 15.5. The fraction of sp³-hybridized carbons (Fsp3) is 0.217. The first kappa shape index (κ1) is 22.2. The number of amides is 1. The van der Waals surface area contributed by atoms with Crippen molar-refractivity contribution in [2.45, 2.75) is 35.6 Å². The van der Waals surface area contributed by atoms with Crippen molar-refractivity contribution in [2.24, 2.45) is 7.05 Å². The van der Waals surface area contributed by atoms with Gasteiger partial charge in [-0.15, -0.1) is 10.2 Å². The average Bonchev–Trinajstić information content (AvgIpc) is 3.39. The lowest BCUT2D eigenvalue weighted by Crippen LogP contribution is -2.14. The molecule has 4 aromatic rings. The number of benzene rings is 2. The van der Waals surface area contributed by atoms with Gasteiger partial charge in [-0.2, -0.15) is 0 Å². The fourth-order valence-electron chi connectivity index (χ4n) is 3.17. The maximum absolute atomic E-state index is 12.5. The normalized spacial score (nSPS) is 11.0. The van der Waals surface area contributed by atoms with Crippen molar-refractivity contribution in [1.82, 2.24) is 24.3 Å². The number of thioether (sulfide) groups is 1. The van der Waals surface area contributed by atoms with E-state index in [0.29, 0.717) is 0 Å². The summed E-state index contributed by atoms with van der Waals surface area (Å²) in [4.78, 5) is 17.9. The second-order valence-corrected chi connectivity index (χ2v) is 9.19. The Morgan fingerprint density at radius 2 is 1.91 bits per heavy atom. The number of carbonyl (C=O) groups excluding carboxylic acids is 1. The second-order valence-electron chi connectivity index (χ2n) is 7.20. The van der Waals surface area contributed by atoms with Crippen LogP contribution in [0.3, 0.4) is 0 Å². The van der Waals surface area contributed by atoms with Gasteiger partial charge in [-0.25, -0.2) is 4.98 Å². The lowest BCUT2D eigenvalue weighted by atomic mass is 10.1. The molecule has 1 N–H and O–H groups in total. The van der Waals surface area contributed by atoms with Crippen molar-refractivity contribution >= 4 is 35.1 Å². The SMILES string of the molecule is CCn1c(SCC(=O)Nc2ccc(Sc3nccn3C)cc2)nnc1-c1cccc(C)c1. The molecule has 0 aliphatic carbocycles. The summed E-state index contributed by atoms with van der Waals surface area (Å²) in [5.74, 6) is 0.998. The van der Waals surface area contributed by atoms with Gasteiger partial charge in [0.25, 0.3) is 0 Å². The zero-order valence-corrected chi connectivity index (χ0v) is 19.8. The first-order valence-corrected chi connectivity index (χ1v) is 12.0.